The fourth-order valence-electron chi connectivity index (χ4n) is 2.40. The number of aromatic amines is 2. The summed E-state index contributed by atoms with van der Waals surface area (Å²) in [6.07, 6.45) is 1.96. The Morgan fingerprint density at radius 2 is 2.18 bits per heavy atom. The molecule has 2 heterocycles. The van der Waals surface area contributed by atoms with Crippen molar-refractivity contribution in [2.75, 3.05) is 11.5 Å². The smallest absolute Gasteiger partial charge is 0.257 e. The van der Waals surface area contributed by atoms with Gasteiger partial charge in [-0.25, -0.2) is 0 Å². The molecule has 1 aromatic heterocycles. The lowest BCUT2D eigenvalue weighted by Crippen LogP contribution is -2.29. The number of rotatable bonds is 1. The molecule has 6 heteroatoms. The zero-order chi connectivity index (χ0) is 12.6. The lowest BCUT2D eigenvalue weighted by molar-refractivity contribution is 0.502. The zero-order valence-electron chi connectivity index (χ0n) is 10.0. The Hall–Kier alpha value is -0.750. The molecule has 0 unspecified atom stereocenters. The highest BCUT2D eigenvalue weighted by Crippen LogP contribution is 2.43. The molecular weight excluding hydrogens is 254 g/mol. The Labute approximate surface area is 109 Å². The van der Waals surface area contributed by atoms with Crippen LogP contribution < -0.4 is 11.3 Å². The van der Waals surface area contributed by atoms with Crippen molar-refractivity contribution in [3.8, 4) is 0 Å². The molecule has 0 spiro atoms. The SMILES string of the molecule is CC1(C)C[C@@H](c2c(N)[nH]c(=S)[nH]c2=O)CCS1. The van der Waals surface area contributed by atoms with E-state index in [0.29, 0.717) is 16.2 Å². The van der Waals surface area contributed by atoms with Crippen LogP contribution in [0.25, 0.3) is 0 Å². The molecule has 1 fully saturated rings. The van der Waals surface area contributed by atoms with Crippen LogP contribution in [-0.4, -0.2) is 20.5 Å². The first kappa shape index (κ1) is 12.7. The van der Waals surface area contributed by atoms with Gasteiger partial charge in [0.05, 0.1) is 5.56 Å². The van der Waals surface area contributed by atoms with Gasteiger partial charge in [-0.15, -0.1) is 0 Å². The summed E-state index contributed by atoms with van der Waals surface area (Å²) in [7, 11) is 0. The molecule has 4 nitrogen and oxygen atoms in total. The van der Waals surface area contributed by atoms with Crippen molar-refractivity contribution >= 4 is 29.8 Å². The maximum atomic E-state index is 11.9. The topological polar surface area (TPSA) is 74.7 Å². The molecule has 1 saturated heterocycles. The van der Waals surface area contributed by atoms with Gasteiger partial charge in [0.25, 0.3) is 5.56 Å². The second kappa shape index (κ2) is 4.49. The van der Waals surface area contributed by atoms with Crippen LogP contribution in [0.3, 0.4) is 0 Å². The summed E-state index contributed by atoms with van der Waals surface area (Å²) in [5.74, 6) is 1.71. The number of hydrogen-bond donors (Lipinski definition) is 3. The number of hydrogen-bond acceptors (Lipinski definition) is 4. The standard InChI is InChI=1S/C11H17N3OS2/c1-11(2)5-6(3-4-17-11)7-8(12)13-10(16)14-9(7)15/h6H,3-5H2,1-2H3,(H4,12,13,14,15,16)/t6-/m0/s1. The summed E-state index contributed by atoms with van der Waals surface area (Å²) >= 11 is 6.85. The zero-order valence-corrected chi connectivity index (χ0v) is 11.6. The number of thioether (sulfide) groups is 1. The van der Waals surface area contributed by atoms with E-state index in [1.165, 1.54) is 0 Å². The molecule has 0 aliphatic carbocycles. The van der Waals surface area contributed by atoms with Gasteiger partial charge in [0.15, 0.2) is 4.77 Å². The van der Waals surface area contributed by atoms with E-state index in [2.05, 4.69) is 23.8 Å². The minimum absolute atomic E-state index is 0.140. The summed E-state index contributed by atoms with van der Waals surface area (Å²) in [6.45, 7) is 4.42. The number of anilines is 1. The second-order valence-corrected chi connectivity index (χ2v) is 7.24. The Kier molecular flexibility index (Phi) is 3.36. The van der Waals surface area contributed by atoms with Crippen LogP contribution in [0.15, 0.2) is 4.79 Å². The molecule has 0 radical (unpaired) electrons. The largest absolute Gasteiger partial charge is 0.385 e. The normalized spacial score (nSPS) is 23.5. The predicted octanol–water partition coefficient (Wildman–Crippen LogP) is 2.40. The van der Waals surface area contributed by atoms with Crippen LogP contribution in [-0.2, 0) is 0 Å². The molecule has 1 aliphatic rings. The van der Waals surface area contributed by atoms with Gasteiger partial charge in [0.2, 0.25) is 0 Å². The Bertz CT molecular complexity index is 532. The van der Waals surface area contributed by atoms with Gasteiger partial charge in [-0.2, -0.15) is 11.8 Å². The first-order valence-corrected chi connectivity index (χ1v) is 7.04. The molecule has 0 saturated carbocycles. The summed E-state index contributed by atoms with van der Waals surface area (Å²) in [5.41, 5.74) is 6.43. The van der Waals surface area contributed by atoms with Crippen LogP contribution >= 0.6 is 24.0 Å². The second-order valence-electron chi connectivity index (χ2n) is 5.03. The number of nitrogens with two attached hydrogens (primary N) is 1. The minimum atomic E-state index is -0.140. The van der Waals surface area contributed by atoms with Crippen LogP contribution in [0.5, 0.6) is 0 Å². The van der Waals surface area contributed by atoms with E-state index in [0.717, 1.165) is 18.6 Å². The lowest BCUT2D eigenvalue weighted by Gasteiger charge is -2.34. The van der Waals surface area contributed by atoms with Gasteiger partial charge in [0.1, 0.15) is 5.82 Å². The highest BCUT2D eigenvalue weighted by Gasteiger charge is 2.31. The third-order valence-electron chi connectivity index (χ3n) is 3.12. The monoisotopic (exact) mass is 271 g/mol. The van der Waals surface area contributed by atoms with E-state index in [1.807, 2.05) is 11.8 Å². The van der Waals surface area contributed by atoms with Gasteiger partial charge in [-0.3, -0.25) is 9.78 Å². The van der Waals surface area contributed by atoms with E-state index in [9.17, 15) is 4.79 Å². The summed E-state index contributed by atoms with van der Waals surface area (Å²) in [5, 5.41) is 0. The van der Waals surface area contributed by atoms with E-state index in [4.69, 9.17) is 18.0 Å². The predicted molar refractivity (Wildman–Crippen MR) is 75.2 cm³/mol. The Morgan fingerprint density at radius 1 is 1.47 bits per heavy atom. The van der Waals surface area contributed by atoms with Crippen LogP contribution in [0.1, 0.15) is 38.2 Å². The molecule has 17 heavy (non-hydrogen) atoms. The van der Waals surface area contributed by atoms with Crippen LogP contribution in [0.2, 0.25) is 0 Å². The highest BCUT2D eigenvalue weighted by molar-refractivity contribution is 8.00. The van der Waals surface area contributed by atoms with Crippen molar-refractivity contribution in [2.45, 2.75) is 37.4 Å². The number of aromatic nitrogens is 2. The van der Waals surface area contributed by atoms with Crippen molar-refractivity contribution in [2.24, 2.45) is 0 Å². The van der Waals surface area contributed by atoms with E-state index < -0.39 is 0 Å². The maximum absolute atomic E-state index is 11.9. The van der Waals surface area contributed by atoms with Gasteiger partial charge < -0.3 is 10.7 Å². The van der Waals surface area contributed by atoms with Crippen molar-refractivity contribution < 1.29 is 0 Å². The quantitative estimate of drug-likeness (QED) is 0.686. The molecule has 1 aromatic rings. The van der Waals surface area contributed by atoms with Gasteiger partial charge in [-0.05, 0) is 36.7 Å². The third-order valence-corrected chi connectivity index (χ3v) is 4.71. The first-order valence-electron chi connectivity index (χ1n) is 5.65. The van der Waals surface area contributed by atoms with Crippen LogP contribution in [0.4, 0.5) is 5.82 Å². The van der Waals surface area contributed by atoms with Crippen molar-refractivity contribution in [1.82, 2.24) is 9.97 Å². The average molecular weight is 271 g/mol. The van der Waals surface area contributed by atoms with Gasteiger partial charge in [0, 0.05) is 4.75 Å². The van der Waals surface area contributed by atoms with E-state index in [-0.39, 0.29) is 16.2 Å². The van der Waals surface area contributed by atoms with Crippen molar-refractivity contribution in [1.29, 1.82) is 0 Å². The van der Waals surface area contributed by atoms with Crippen molar-refractivity contribution in [3.63, 3.8) is 0 Å². The number of nitrogens with one attached hydrogen (secondary N) is 2. The lowest BCUT2D eigenvalue weighted by atomic mass is 9.88. The average Bonchev–Trinajstić information content (AvgIpc) is 2.13. The Balaban J connectivity index is 2.41. The van der Waals surface area contributed by atoms with Crippen molar-refractivity contribution in [3.05, 3.63) is 20.7 Å². The Morgan fingerprint density at radius 3 is 2.76 bits per heavy atom. The fourth-order valence-corrected chi connectivity index (χ4v) is 3.87. The molecule has 1 atom stereocenters. The van der Waals surface area contributed by atoms with Gasteiger partial charge in [-0.1, -0.05) is 13.8 Å². The first-order chi connectivity index (χ1) is 7.89. The summed E-state index contributed by atoms with van der Waals surface area (Å²) < 4.78 is 0.495. The number of nitrogen functional groups attached to an aromatic ring is 1. The molecule has 2 rings (SSSR count). The number of H-pyrrole nitrogens is 2. The minimum Gasteiger partial charge on any atom is -0.385 e. The molecular formula is C11H17N3OS2. The highest BCUT2D eigenvalue weighted by atomic mass is 32.2. The molecule has 0 bridgehead atoms. The fraction of sp³-hybridized carbons (Fsp3) is 0.636. The van der Waals surface area contributed by atoms with E-state index in [1.54, 1.807) is 0 Å². The molecule has 4 N–H and O–H groups in total. The van der Waals surface area contributed by atoms with Gasteiger partial charge >= 0.3 is 0 Å². The maximum Gasteiger partial charge on any atom is 0.257 e. The molecule has 1 aliphatic heterocycles. The summed E-state index contributed by atoms with van der Waals surface area (Å²) in [6, 6.07) is 0. The third kappa shape index (κ3) is 2.74. The molecule has 0 aromatic carbocycles. The summed E-state index contributed by atoms with van der Waals surface area (Å²) in [4.78, 5) is 17.4. The van der Waals surface area contributed by atoms with Crippen LogP contribution in [0, 0.1) is 4.77 Å². The molecule has 0 amide bonds. The molecule has 94 valence electrons. The van der Waals surface area contributed by atoms with E-state index >= 15 is 0 Å².